The van der Waals surface area contributed by atoms with Gasteiger partial charge in [-0.25, -0.2) is 0 Å². The van der Waals surface area contributed by atoms with Crippen molar-refractivity contribution in [3.63, 3.8) is 0 Å². The van der Waals surface area contributed by atoms with Gasteiger partial charge in [-0.15, -0.1) is 0 Å². The molecule has 3 nitrogen and oxygen atoms in total. The van der Waals surface area contributed by atoms with Gasteiger partial charge in [0, 0.05) is 13.3 Å². The highest BCUT2D eigenvalue weighted by Crippen LogP contribution is 2.12. The number of benzene rings is 1. The second-order valence-electron chi connectivity index (χ2n) is 2.61. The predicted octanol–water partition coefficient (Wildman–Crippen LogP) is 2.09. The molecule has 0 aliphatic heterocycles. The van der Waals surface area contributed by atoms with Crippen LogP contribution in [0.3, 0.4) is 0 Å². The van der Waals surface area contributed by atoms with Crippen molar-refractivity contribution < 1.29 is 0 Å². The van der Waals surface area contributed by atoms with Gasteiger partial charge in [0.1, 0.15) is 0 Å². The Morgan fingerprint density at radius 1 is 1.23 bits per heavy atom. The second kappa shape index (κ2) is 5.09. The topological polar surface area (TPSA) is 36.8 Å². The molecule has 0 bridgehead atoms. The zero-order chi connectivity index (χ0) is 9.52. The Morgan fingerprint density at radius 2 is 2.00 bits per heavy atom. The van der Waals surface area contributed by atoms with Crippen LogP contribution in [0.5, 0.6) is 0 Å². The normalized spacial score (nSPS) is 11.2. The summed E-state index contributed by atoms with van der Waals surface area (Å²) in [6.07, 6.45) is 3.25. The van der Waals surface area contributed by atoms with Gasteiger partial charge in [0.2, 0.25) is 0 Å². The maximum atomic E-state index is 3.97. The van der Waals surface area contributed by atoms with Gasteiger partial charge in [-0.05, 0) is 18.6 Å². The third-order valence-corrected chi connectivity index (χ3v) is 1.62. The van der Waals surface area contributed by atoms with E-state index in [2.05, 4.69) is 15.5 Å². The maximum Gasteiger partial charge on any atom is 0.0650 e. The molecule has 0 atom stereocenters. The average molecular weight is 175 g/mol. The summed E-state index contributed by atoms with van der Waals surface area (Å²) < 4.78 is 0. The fourth-order valence-corrected chi connectivity index (χ4v) is 0.905. The van der Waals surface area contributed by atoms with Crippen molar-refractivity contribution >= 4 is 18.1 Å². The number of hydrogen-bond donors (Lipinski definition) is 1. The fourth-order valence-electron chi connectivity index (χ4n) is 0.905. The van der Waals surface area contributed by atoms with Crippen LogP contribution in [-0.2, 0) is 0 Å². The van der Waals surface area contributed by atoms with Crippen LogP contribution in [0.2, 0.25) is 0 Å². The molecule has 3 heteroatoms. The molecule has 0 amide bonds. The molecule has 1 aromatic carbocycles. The summed E-state index contributed by atoms with van der Waals surface area (Å²) in [6.45, 7) is 2.03. The number of para-hydroxylation sites is 1. The van der Waals surface area contributed by atoms with E-state index >= 15 is 0 Å². The molecule has 0 heterocycles. The molecule has 0 unspecified atom stereocenters. The first-order valence-electron chi connectivity index (χ1n) is 4.10. The molecular formula is C10H13N3. The fraction of sp³-hybridized carbons (Fsp3) is 0.200. The molecule has 0 fully saturated rings. The summed E-state index contributed by atoms with van der Waals surface area (Å²) in [5, 5.41) is 3.97. The average Bonchev–Trinajstić information content (AvgIpc) is 2.15. The number of aryl methyl sites for hydroxylation is 1. The van der Waals surface area contributed by atoms with Crippen molar-refractivity contribution in [2.24, 2.45) is 10.1 Å². The first kappa shape index (κ1) is 9.45. The third-order valence-electron chi connectivity index (χ3n) is 1.62. The Bertz CT molecular complexity index is 316. The molecule has 0 spiro atoms. The molecule has 1 rings (SSSR count). The standard InChI is InChI=1S/C10H13N3/c1-9-5-3-4-6-10(9)13-12-8-7-11-2/h3-8,13H,1-2H3/b11-7?,12-8-. The maximum absolute atomic E-state index is 3.97. The molecule has 13 heavy (non-hydrogen) atoms. The van der Waals surface area contributed by atoms with Crippen LogP contribution >= 0.6 is 0 Å². The summed E-state index contributed by atoms with van der Waals surface area (Å²) in [6, 6.07) is 7.98. The van der Waals surface area contributed by atoms with Crippen LogP contribution in [0.1, 0.15) is 5.56 Å². The molecule has 0 aliphatic carbocycles. The molecule has 0 saturated heterocycles. The predicted molar refractivity (Wildman–Crippen MR) is 57.7 cm³/mol. The molecule has 68 valence electrons. The van der Waals surface area contributed by atoms with Gasteiger partial charge in [-0.3, -0.25) is 10.4 Å². The minimum absolute atomic E-state index is 1.02. The minimum atomic E-state index is 1.02. The minimum Gasteiger partial charge on any atom is -0.295 e. The van der Waals surface area contributed by atoms with Crippen LogP contribution in [-0.4, -0.2) is 19.5 Å². The van der Waals surface area contributed by atoms with Gasteiger partial charge in [0.05, 0.1) is 11.9 Å². The van der Waals surface area contributed by atoms with Crippen LogP contribution in [0.15, 0.2) is 34.4 Å². The van der Waals surface area contributed by atoms with Gasteiger partial charge in [0.15, 0.2) is 0 Å². The number of anilines is 1. The highest BCUT2D eigenvalue weighted by Gasteiger charge is 1.91. The van der Waals surface area contributed by atoms with E-state index < -0.39 is 0 Å². The first-order chi connectivity index (χ1) is 6.34. The molecular weight excluding hydrogens is 162 g/mol. The summed E-state index contributed by atoms with van der Waals surface area (Å²) in [5.41, 5.74) is 5.12. The Labute approximate surface area is 78.2 Å². The Morgan fingerprint density at radius 3 is 2.69 bits per heavy atom. The van der Waals surface area contributed by atoms with Gasteiger partial charge >= 0.3 is 0 Å². The number of hydrazone groups is 1. The Kier molecular flexibility index (Phi) is 3.70. The molecule has 1 N–H and O–H groups in total. The first-order valence-corrected chi connectivity index (χ1v) is 4.10. The monoisotopic (exact) mass is 175 g/mol. The highest BCUT2D eigenvalue weighted by atomic mass is 15.3. The van der Waals surface area contributed by atoms with E-state index in [0.717, 1.165) is 5.69 Å². The van der Waals surface area contributed by atoms with Crippen molar-refractivity contribution in [2.75, 3.05) is 12.5 Å². The van der Waals surface area contributed by atoms with Gasteiger partial charge < -0.3 is 0 Å². The lowest BCUT2D eigenvalue weighted by Crippen LogP contribution is -1.91. The number of rotatable bonds is 3. The van der Waals surface area contributed by atoms with Gasteiger partial charge in [-0.2, -0.15) is 5.10 Å². The van der Waals surface area contributed by atoms with Crippen molar-refractivity contribution in [1.29, 1.82) is 0 Å². The highest BCUT2D eigenvalue weighted by molar-refractivity contribution is 6.16. The van der Waals surface area contributed by atoms with E-state index in [1.807, 2.05) is 31.2 Å². The summed E-state index contributed by atoms with van der Waals surface area (Å²) >= 11 is 0. The van der Waals surface area contributed by atoms with E-state index in [-0.39, 0.29) is 0 Å². The molecule has 0 aliphatic rings. The zero-order valence-electron chi connectivity index (χ0n) is 7.86. The largest absolute Gasteiger partial charge is 0.295 e. The van der Waals surface area contributed by atoms with Crippen molar-refractivity contribution in [3.8, 4) is 0 Å². The Hall–Kier alpha value is -1.64. The molecule has 0 saturated carbocycles. The quantitative estimate of drug-likeness (QED) is 0.554. The van der Waals surface area contributed by atoms with Crippen molar-refractivity contribution in [3.05, 3.63) is 29.8 Å². The van der Waals surface area contributed by atoms with Crippen LogP contribution < -0.4 is 5.43 Å². The van der Waals surface area contributed by atoms with Crippen molar-refractivity contribution in [1.82, 2.24) is 0 Å². The number of hydrogen-bond acceptors (Lipinski definition) is 3. The second-order valence-corrected chi connectivity index (χ2v) is 2.61. The summed E-state index contributed by atoms with van der Waals surface area (Å²) in [7, 11) is 1.71. The third kappa shape index (κ3) is 3.07. The smallest absolute Gasteiger partial charge is 0.0650 e. The number of aliphatic imine (C=N–C) groups is 1. The van der Waals surface area contributed by atoms with E-state index in [4.69, 9.17) is 0 Å². The lowest BCUT2D eigenvalue weighted by molar-refractivity contribution is 1.31. The van der Waals surface area contributed by atoms with E-state index in [1.165, 1.54) is 5.56 Å². The van der Waals surface area contributed by atoms with Crippen LogP contribution in [0.25, 0.3) is 0 Å². The van der Waals surface area contributed by atoms with Crippen LogP contribution in [0, 0.1) is 6.92 Å². The molecule has 0 aromatic heterocycles. The number of nitrogens with zero attached hydrogens (tertiary/aromatic N) is 2. The SMILES string of the molecule is CN=C/C=N\Nc1ccccc1C. The zero-order valence-corrected chi connectivity index (χ0v) is 7.86. The lowest BCUT2D eigenvalue weighted by Gasteiger charge is -2.02. The number of nitrogens with one attached hydrogen (secondary N) is 1. The van der Waals surface area contributed by atoms with Crippen molar-refractivity contribution in [2.45, 2.75) is 6.92 Å². The molecule has 1 aromatic rings. The van der Waals surface area contributed by atoms with E-state index in [0.29, 0.717) is 0 Å². The lowest BCUT2D eigenvalue weighted by atomic mass is 10.2. The summed E-state index contributed by atoms with van der Waals surface area (Å²) in [4.78, 5) is 3.77. The van der Waals surface area contributed by atoms with E-state index in [1.54, 1.807) is 19.5 Å². The van der Waals surface area contributed by atoms with Crippen LogP contribution in [0.4, 0.5) is 5.69 Å². The van der Waals surface area contributed by atoms with E-state index in [9.17, 15) is 0 Å². The molecule has 0 radical (unpaired) electrons. The van der Waals surface area contributed by atoms with Gasteiger partial charge in [0.25, 0.3) is 0 Å². The van der Waals surface area contributed by atoms with Gasteiger partial charge in [-0.1, -0.05) is 18.2 Å². The Balaban J connectivity index is 2.59. The summed E-state index contributed by atoms with van der Waals surface area (Å²) in [5.74, 6) is 0.